The van der Waals surface area contributed by atoms with E-state index >= 15 is 0 Å². The van der Waals surface area contributed by atoms with E-state index in [0.717, 1.165) is 29.3 Å². The lowest BCUT2D eigenvalue weighted by atomic mass is 9.92. The zero-order valence-electron chi connectivity index (χ0n) is 18.4. The van der Waals surface area contributed by atoms with Gasteiger partial charge in [-0.3, -0.25) is 0 Å². The Morgan fingerprint density at radius 2 is 1.28 bits per heavy atom. The summed E-state index contributed by atoms with van der Waals surface area (Å²) in [6.07, 6.45) is 2.53. The molecule has 0 saturated carbocycles. The highest BCUT2D eigenvalue weighted by atomic mass is 15.0. The fraction of sp³-hybridized carbons (Fsp3) is 0.360. The van der Waals surface area contributed by atoms with Gasteiger partial charge in [0.25, 0.3) is 0 Å². The maximum atomic E-state index is 4.38. The first-order chi connectivity index (χ1) is 13.6. The summed E-state index contributed by atoms with van der Waals surface area (Å²) in [7, 11) is 0. The number of rotatable bonds is 5. The van der Waals surface area contributed by atoms with Gasteiger partial charge in [0, 0.05) is 28.4 Å². The first kappa shape index (κ1) is 20.8. The Bertz CT molecular complexity index is 930. The van der Waals surface area contributed by atoms with Crippen LogP contribution in [0.5, 0.6) is 0 Å². The topological polar surface area (TPSA) is 49.8 Å². The standard InChI is InChI=1S/C25H32N4/c1-24(2,3)22-16-23(27-17-26-22)28-20-11-7-18(8-12-20)15-19-9-13-21(14-10-19)29-25(4,5)6/h7-14,16-17,29H,15H2,1-6H3,(H,26,27,28). The van der Waals surface area contributed by atoms with E-state index in [9.17, 15) is 0 Å². The minimum atomic E-state index is 0.00117. The van der Waals surface area contributed by atoms with Crippen LogP contribution in [0.25, 0.3) is 0 Å². The van der Waals surface area contributed by atoms with Crippen LogP contribution in [-0.2, 0) is 11.8 Å². The molecule has 2 aromatic carbocycles. The van der Waals surface area contributed by atoms with Crippen LogP contribution in [0.15, 0.2) is 60.9 Å². The molecule has 0 atom stereocenters. The molecule has 3 rings (SSSR count). The van der Waals surface area contributed by atoms with Crippen molar-refractivity contribution >= 4 is 17.2 Å². The smallest absolute Gasteiger partial charge is 0.134 e. The van der Waals surface area contributed by atoms with Gasteiger partial charge in [0.05, 0.1) is 5.69 Å². The SMILES string of the molecule is CC(C)(C)Nc1ccc(Cc2ccc(Nc3cc(C(C)(C)C)ncn3)cc2)cc1. The molecule has 0 amide bonds. The van der Waals surface area contributed by atoms with Crippen LogP contribution < -0.4 is 10.6 Å². The first-order valence-corrected chi connectivity index (χ1v) is 10.1. The molecule has 0 aliphatic heterocycles. The molecule has 152 valence electrons. The fourth-order valence-electron chi connectivity index (χ4n) is 3.06. The second-order valence-corrected chi connectivity index (χ2v) is 9.61. The Kier molecular flexibility index (Phi) is 5.92. The molecule has 2 N–H and O–H groups in total. The van der Waals surface area contributed by atoms with Crippen LogP contribution in [0.4, 0.5) is 17.2 Å². The summed E-state index contributed by atoms with van der Waals surface area (Å²) in [6.45, 7) is 13.0. The van der Waals surface area contributed by atoms with Gasteiger partial charge in [-0.05, 0) is 62.6 Å². The summed E-state index contributed by atoms with van der Waals surface area (Å²) in [5.74, 6) is 0.819. The fourth-order valence-corrected chi connectivity index (χ4v) is 3.06. The molecule has 0 aliphatic carbocycles. The molecule has 29 heavy (non-hydrogen) atoms. The van der Waals surface area contributed by atoms with Gasteiger partial charge < -0.3 is 10.6 Å². The quantitative estimate of drug-likeness (QED) is 0.537. The maximum Gasteiger partial charge on any atom is 0.134 e. The Balaban J connectivity index is 1.63. The Morgan fingerprint density at radius 3 is 1.79 bits per heavy atom. The van der Waals surface area contributed by atoms with Crippen LogP contribution in [0.2, 0.25) is 0 Å². The van der Waals surface area contributed by atoms with E-state index < -0.39 is 0 Å². The van der Waals surface area contributed by atoms with Crippen molar-refractivity contribution in [2.45, 2.75) is 58.9 Å². The van der Waals surface area contributed by atoms with E-state index in [4.69, 9.17) is 0 Å². The summed E-state index contributed by atoms with van der Waals surface area (Å²) in [4.78, 5) is 8.73. The lowest BCUT2D eigenvalue weighted by Crippen LogP contribution is -2.25. The molecule has 0 radical (unpaired) electrons. The van der Waals surface area contributed by atoms with Gasteiger partial charge in [-0.25, -0.2) is 9.97 Å². The van der Waals surface area contributed by atoms with Crippen LogP contribution in [0, 0.1) is 0 Å². The van der Waals surface area contributed by atoms with E-state index in [-0.39, 0.29) is 11.0 Å². The van der Waals surface area contributed by atoms with Crippen LogP contribution in [0.1, 0.15) is 58.4 Å². The molecular formula is C25H32N4. The summed E-state index contributed by atoms with van der Waals surface area (Å²) < 4.78 is 0. The minimum Gasteiger partial charge on any atom is -0.380 e. The van der Waals surface area contributed by atoms with Crippen molar-refractivity contribution in [2.75, 3.05) is 10.6 Å². The molecule has 0 bridgehead atoms. The van der Waals surface area contributed by atoms with Crippen LogP contribution in [0.3, 0.4) is 0 Å². The van der Waals surface area contributed by atoms with Crippen molar-refractivity contribution < 1.29 is 0 Å². The van der Waals surface area contributed by atoms with Crippen LogP contribution in [-0.4, -0.2) is 15.5 Å². The molecule has 0 aliphatic rings. The van der Waals surface area contributed by atoms with E-state index in [1.807, 2.05) is 6.07 Å². The van der Waals surface area contributed by atoms with Crippen molar-refractivity contribution in [1.82, 2.24) is 9.97 Å². The van der Waals surface area contributed by atoms with Crippen molar-refractivity contribution in [3.63, 3.8) is 0 Å². The normalized spacial score (nSPS) is 11.9. The van der Waals surface area contributed by atoms with E-state index in [1.54, 1.807) is 6.33 Å². The Hall–Kier alpha value is -2.88. The lowest BCUT2D eigenvalue weighted by Gasteiger charge is -2.22. The number of hydrogen-bond acceptors (Lipinski definition) is 4. The zero-order chi connectivity index (χ0) is 21.1. The molecule has 0 saturated heterocycles. The Morgan fingerprint density at radius 1 is 0.724 bits per heavy atom. The molecule has 0 spiro atoms. The molecule has 0 fully saturated rings. The monoisotopic (exact) mass is 388 g/mol. The van der Waals surface area contributed by atoms with Crippen molar-refractivity contribution in [1.29, 1.82) is 0 Å². The third kappa shape index (κ3) is 6.31. The van der Waals surface area contributed by atoms with Gasteiger partial charge in [-0.2, -0.15) is 0 Å². The highest BCUT2D eigenvalue weighted by molar-refractivity contribution is 5.57. The molecule has 0 unspecified atom stereocenters. The van der Waals surface area contributed by atoms with Gasteiger partial charge in [0.2, 0.25) is 0 Å². The second kappa shape index (κ2) is 8.24. The number of nitrogens with zero attached hydrogens (tertiary/aromatic N) is 2. The van der Waals surface area contributed by atoms with Crippen molar-refractivity contribution in [3.05, 3.63) is 77.7 Å². The van der Waals surface area contributed by atoms with E-state index in [0.29, 0.717) is 0 Å². The average molecular weight is 389 g/mol. The maximum absolute atomic E-state index is 4.38. The number of anilines is 3. The molecule has 4 nitrogen and oxygen atoms in total. The molecule has 1 aromatic heterocycles. The summed E-state index contributed by atoms with van der Waals surface area (Å²) in [5.41, 5.74) is 5.86. The molecule has 4 heteroatoms. The third-order valence-electron chi connectivity index (χ3n) is 4.54. The lowest BCUT2D eigenvalue weighted by molar-refractivity contribution is 0.567. The predicted octanol–water partition coefficient (Wildman–Crippen LogP) is 6.32. The summed E-state index contributed by atoms with van der Waals surface area (Å²) in [6, 6.07) is 19.2. The van der Waals surface area contributed by atoms with Crippen molar-refractivity contribution in [3.8, 4) is 0 Å². The largest absolute Gasteiger partial charge is 0.380 e. The predicted molar refractivity (Wildman–Crippen MR) is 123 cm³/mol. The van der Waals surface area contributed by atoms with E-state index in [1.165, 1.54) is 11.1 Å². The Labute approximate surface area is 174 Å². The third-order valence-corrected chi connectivity index (χ3v) is 4.54. The van der Waals surface area contributed by atoms with Gasteiger partial charge in [0.1, 0.15) is 12.1 Å². The van der Waals surface area contributed by atoms with Gasteiger partial charge in [-0.15, -0.1) is 0 Å². The average Bonchev–Trinajstić information content (AvgIpc) is 2.63. The highest BCUT2D eigenvalue weighted by Gasteiger charge is 2.16. The zero-order valence-corrected chi connectivity index (χ0v) is 18.4. The first-order valence-electron chi connectivity index (χ1n) is 10.1. The second-order valence-electron chi connectivity index (χ2n) is 9.61. The van der Waals surface area contributed by atoms with Crippen molar-refractivity contribution in [2.24, 2.45) is 0 Å². The highest BCUT2D eigenvalue weighted by Crippen LogP contribution is 2.23. The number of aromatic nitrogens is 2. The molecular weight excluding hydrogens is 356 g/mol. The minimum absolute atomic E-state index is 0.00117. The molecule has 3 aromatic rings. The molecule has 1 heterocycles. The summed E-state index contributed by atoms with van der Waals surface area (Å²) in [5, 5.41) is 6.87. The van der Waals surface area contributed by atoms with Crippen LogP contribution >= 0.6 is 0 Å². The van der Waals surface area contributed by atoms with Gasteiger partial charge >= 0.3 is 0 Å². The number of nitrogens with one attached hydrogen (secondary N) is 2. The number of hydrogen-bond donors (Lipinski definition) is 2. The van der Waals surface area contributed by atoms with E-state index in [2.05, 4.69) is 111 Å². The summed E-state index contributed by atoms with van der Waals surface area (Å²) >= 11 is 0. The van der Waals surface area contributed by atoms with Gasteiger partial charge in [0.15, 0.2) is 0 Å². The number of benzene rings is 2. The van der Waals surface area contributed by atoms with Gasteiger partial charge in [-0.1, -0.05) is 45.0 Å².